The Bertz CT molecular complexity index is 566. The Labute approximate surface area is 112 Å². The highest BCUT2D eigenvalue weighted by Gasteiger charge is 2.13. The van der Waals surface area contributed by atoms with Crippen LogP contribution < -0.4 is 5.73 Å². The van der Waals surface area contributed by atoms with Gasteiger partial charge in [0.1, 0.15) is 11.6 Å². The van der Waals surface area contributed by atoms with Crippen LogP contribution in [0, 0.1) is 11.6 Å². The molecular formula is C16H17F2N. The Morgan fingerprint density at radius 1 is 1.05 bits per heavy atom. The number of halogens is 2. The molecule has 0 aliphatic carbocycles. The SMILES string of the molecule is CCc1ccccc1C(N)Cc1cc(F)ccc1F. The van der Waals surface area contributed by atoms with E-state index in [1.807, 2.05) is 31.2 Å². The Hall–Kier alpha value is -1.74. The number of aryl methyl sites for hydroxylation is 1. The monoisotopic (exact) mass is 261 g/mol. The zero-order valence-electron chi connectivity index (χ0n) is 10.9. The lowest BCUT2D eigenvalue weighted by molar-refractivity contribution is 0.572. The standard InChI is InChI=1S/C16H17F2N/c1-2-11-5-3-4-6-14(11)16(19)10-12-9-13(17)7-8-15(12)18/h3-9,16H,2,10,19H2,1H3. The molecule has 0 saturated heterocycles. The van der Waals surface area contributed by atoms with Crippen LogP contribution in [-0.2, 0) is 12.8 Å². The summed E-state index contributed by atoms with van der Waals surface area (Å²) in [6.07, 6.45) is 1.16. The largest absolute Gasteiger partial charge is 0.324 e. The summed E-state index contributed by atoms with van der Waals surface area (Å²) in [7, 11) is 0. The summed E-state index contributed by atoms with van der Waals surface area (Å²) in [4.78, 5) is 0. The van der Waals surface area contributed by atoms with Gasteiger partial charge in [-0.3, -0.25) is 0 Å². The predicted octanol–water partition coefficient (Wildman–Crippen LogP) is 3.77. The van der Waals surface area contributed by atoms with E-state index in [0.717, 1.165) is 29.7 Å². The van der Waals surface area contributed by atoms with E-state index in [2.05, 4.69) is 0 Å². The zero-order valence-corrected chi connectivity index (χ0v) is 10.9. The molecule has 0 fully saturated rings. The second-order valence-electron chi connectivity index (χ2n) is 4.60. The summed E-state index contributed by atoms with van der Waals surface area (Å²) in [5.74, 6) is -0.849. The van der Waals surface area contributed by atoms with Crippen LogP contribution in [0.3, 0.4) is 0 Å². The molecule has 0 heterocycles. The lowest BCUT2D eigenvalue weighted by atomic mass is 9.94. The summed E-state index contributed by atoms with van der Waals surface area (Å²) in [6, 6.07) is 11.0. The zero-order chi connectivity index (χ0) is 13.8. The summed E-state index contributed by atoms with van der Waals surface area (Å²) < 4.78 is 26.7. The van der Waals surface area contributed by atoms with Gasteiger partial charge in [-0.2, -0.15) is 0 Å². The maximum absolute atomic E-state index is 13.6. The van der Waals surface area contributed by atoms with Crippen molar-refractivity contribution in [2.45, 2.75) is 25.8 Å². The molecule has 0 aromatic heterocycles. The topological polar surface area (TPSA) is 26.0 Å². The van der Waals surface area contributed by atoms with E-state index in [1.165, 1.54) is 6.07 Å². The van der Waals surface area contributed by atoms with E-state index in [1.54, 1.807) is 0 Å². The minimum absolute atomic E-state index is 0.292. The van der Waals surface area contributed by atoms with Gasteiger partial charge in [-0.25, -0.2) is 8.78 Å². The van der Waals surface area contributed by atoms with Crippen molar-refractivity contribution in [2.75, 3.05) is 0 Å². The van der Waals surface area contributed by atoms with Gasteiger partial charge in [0.25, 0.3) is 0 Å². The molecule has 2 rings (SSSR count). The van der Waals surface area contributed by atoms with E-state index in [9.17, 15) is 8.78 Å². The average molecular weight is 261 g/mol. The fourth-order valence-electron chi connectivity index (χ4n) is 2.26. The quantitative estimate of drug-likeness (QED) is 0.890. The van der Waals surface area contributed by atoms with Crippen LogP contribution in [0.4, 0.5) is 8.78 Å². The average Bonchev–Trinajstić information content (AvgIpc) is 2.42. The van der Waals surface area contributed by atoms with Crippen LogP contribution >= 0.6 is 0 Å². The van der Waals surface area contributed by atoms with Crippen molar-refractivity contribution in [1.82, 2.24) is 0 Å². The highest BCUT2D eigenvalue weighted by Crippen LogP contribution is 2.22. The summed E-state index contributed by atoms with van der Waals surface area (Å²) in [5.41, 5.74) is 8.59. The number of benzene rings is 2. The van der Waals surface area contributed by atoms with E-state index < -0.39 is 11.6 Å². The Kier molecular flexibility index (Phi) is 4.27. The van der Waals surface area contributed by atoms with Crippen molar-refractivity contribution < 1.29 is 8.78 Å². The first-order chi connectivity index (χ1) is 9.11. The van der Waals surface area contributed by atoms with Crippen molar-refractivity contribution >= 4 is 0 Å². The summed E-state index contributed by atoms with van der Waals surface area (Å²) in [5, 5.41) is 0. The van der Waals surface area contributed by atoms with Gasteiger partial charge >= 0.3 is 0 Å². The number of rotatable bonds is 4. The third kappa shape index (κ3) is 3.18. The minimum Gasteiger partial charge on any atom is -0.324 e. The maximum Gasteiger partial charge on any atom is 0.126 e. The lowest BCUT2D eigenvalue weighted by Gasteiger charge is -2.16. The van der Waals surface area contributed by atoms with Gasteiger partial charge < -0.3 is 5.73 Å². The first-order valence-electron chi connectivity index (χ1n) is 6.39. The highest BCUT2D eigenvalue weighted by molar-refractivity contribution is 5.32. The molecule has 2 aromatic carbocycles. The molecule has 100 valence electrons. The second-order valence-corrected chi connectivity index (χ2v) is 4.60. The highest BCUT2D eigenvalue weighted by atomic mass is 19.1. The van der Waals surface area contributed by atoms with Crippen molar-refractivity contribution in [1.29, 1.82) is 0 Å². The van der Waals surface area contributed by atoms with Gasteiger partial charge in [0.05, 0.1) is 0 Å². The molecule has 0 spiro atoms. The van der Waals surface area contributed by atoms with Gasteiger partial charge in [0, 0.05) is 6.04 Å². The van der Waals surface area contributed by atoms with Crippen LogP contribution in [0.5, 0.6) is 0 Å². The van der Waals surface area contributed by atoms with E-state index in [-0.39, 0.29) is 6.04 Å². The molecule has 1 nitrogen and oxygen atoms in total. The van der Waals surface area contributed by atoms with Gasteiger partial charge in [0.15, 0.2) is 0 Å². The van der Waals surface area contributed by atoms with E-state index >= 15 is 0 Å². The number of nitrogens with two attached hydrogens (primary N) is 1. The van der Waals surface area contributed by atoms with Crippen LogP contribution in [0.25, 0.3) is 0 Å². The fourth-order valence-corrected chi connectivity index (χ4v) is 2.26. The number of hydrogen-bond donors (Lipinski definition) is 1. The number of hydrogen-bond acceptors (Lipinski definition) is 1. The molecule has 1 unspecified atom stereocenters. The van der Waals surface area contributed by atoms with Crippen LogP contribution in [-0.4, -0.2) is 0 Å². The van der Waals surface area contributed by atoms with Crippen LogP contribution in [0.15, 0.2) is 42.5 Å². The normalized spacial score (nSPS) is 12.4. The third-order valence-corrected chi connectivity index (χ3v) is 3.28. The molecule has 0 aliphatic heterocycles. The van der Waals surface area contributed by atoms with Crippen molar-refractivity contribution in [2.24, 2.45) is 5.73 Å². The summed E-state index contributed by atoms with van der Waals surface area (Å²) >= 11 is 0. The molecule has 0 amide bonds. The maximum atomic E-state index is 13.6. The Morgan fingerprint density at radius 3 is 2.53 bits per heavy atom. The van der Waals surface area contributed by atoms with Gasteiger partial charge in [-0.05, 0) is 47.7 Å². The first kappa shape index (κ1) is 13.7. The molecule has 0 aliphatic rings. The van der Waals surface area contributed by atoms with Gasteiger partial charge in [0.2, 0.25) is 0 Å². The Balaban J connectivity index is 2.25. The minimum atomic E-state index is -0.438. The van der Waals surface area contributed by atoms with Crippen molar-refractivity contribution in [3.8, 4) is 0 Å². The third-order valence-electron chi connectivity index (χ3n) is 3.28. The predicted molar refractivity (Wildman–Crippen MR) is 72.8 cm³/mol. The van der Waals surface area contributed by atoms with Crippen molar-refractivity contribution in [3.05, 3.63) is 70.8 Å². The smallest absolute Gasteiger partial charge is 0.126 e. The molecule has 19 heavy (non-hydrogen) atoms. The molecule has 0 radical (unpaired) electrons. The van der Waals surface area contributed by atoms with Gasteiger partial charge in [-0.15, -0.1) is 0 Å². The van der Waals surface area contributed by atoms with Crippen molar-refractivity contribution in [3.63, 3.8) is 0 Å². The summed E-state index contributed by atoms with van der Waals surface area (Å²) in [6.45, 7) is 2.05. The molecule has 3 heteroatoms. The molecule has 2 aromatic rings. The van der Waals surface area contributed by atoms with Crippen LogP contribution in [0.1, 0.15) is 29.7 Å². The molecule has 0 saturated carbocycles. The first-order valence-corrected chi connectivity index (χ1v) is 6.39. The fraction of sp³-hybridized carbons (Fsp3) is 0.250. The molecule has 1 atom stereocenters. The second kappa shape index (κ2) is 5.93. The van der Waals surface area contributed by atoms with Crippen LogP contribution in [0.2, 0.25) is 0 Å². The lowest BCUT2D eigenvalue weighted by Crippen LogP contribution is -2.16. The Morgan fingerprint density at radius 2 is 1.79 bits per heavy atom. The van der Waals surface area contributed by atoms with E-state index in [4.69, 9.17) is 5.73 Å². The van der Waals surface area contributed by atoms with E-state index in [0.29, 0.717) is 12.0 Å². The molecular weight excluding hydrogens is 244 g/mol. The molecule has 0 bridgehead atoms. The van der Waals surface area contributed by atoms with Gasteiger partial charge in [-0.1, -0.05) is 31.2 Å². The molecule has 2 N–H and O–H groups in total.